The Balaban J connectivity index is 0.000000723. The molecule has 0 amide bonds. The summed E-state index contributed by atoms with van der Waals surface area (Å²) in [5.74, 6) is -0.269. The number of carbonyl (C=O) groups is 1. The largest absolute Gasteiger partial charge is 0.481 e. The molecule has 9 nitrogen and oxygen atoms in total. The highest BCUT2D eigenvalue weighted by molar-refractivity contribution is 5.84. The van der Waals surface area contributed by atoms with Crippen LogP contribution in [-0.4, -0.2) is 56.5 Å². The van der Waals surface area contributed by atoms with Crippen LogP contribution in [-0.2, 0) is 11.3 Å². The third-order valence-electron chi connectivity index (χ3n) is 6.91. The molecule has 1 atom stereocenters. The van der Waals surface area contributed by atoms with E-state index >= 15 is 0 Å². The Hall–Kier alpha value is -4.50. The van der Waals surface area contributed by atoms with E-state index in [4.69, 9.17) is 14.3 Å². The van der Waals surface area contributed by atoms with Crippen molar-refractivity contribution < 1.29 is 14.3 Å². The van der Waals surface area contributed by atoms with Crippen molar-refractivity contribution >= 4 is 28.4 Å². The number of aryl methyl sites for hydroxylation is 1. The number of carboxylic acids is 1. The molecule has 6 rings (SSSR count). The Morgan fingerprint density at radius 2 is 1.90 bits per heavy atom. The summed E-state index contributed by atoms with van der Waals surface area (Å²) in [7, 11) is 2.12. The molecule has 0 radical (unpaired) electrons. The SMILES string of the molecule is CC(=O)O.Cc1ccn2cc(-c3cc4ccc(N(C)C5CCN(Cc6ccccc6)C5)cc4oc3=O)nc2n1. The van der Waals surface area contributed by atoms with Crippen LogP contribution >= 0.6 is 0 Å². The molecule has 1 fully saturated rings. The highest BCUT2D eigenvalue weighted by atomic mass is 16.4. The minimum absolute atomic E-state index is 0.396. The lowest BCUT2D eigenvalue weighted by molar-refractivity contribution is -0.134. The number of likely N-dealkylation sites (tertiary alicyclic amines) is 1. The first-order valence-corrected chi connectivity index (χ1v) is 12.9. The van der Waals surface area contributed by atoms with E-state index in [0.717, 1.165) is 49.7 Å². The van der Waals surface area contributed by atoms with Gasteiger partial charge in [0.1, 0.15) is 5.58 Å². The molecule has 1 unspecified atom stereocenters. The summed E-state index contributed by atoms with van der Waals surface area (Å²) in [5.41, 5.74) is 4.45. The van der Waals surface area contributed by atoms with Gasteiger partial charge in [-0.25, -0.2) is 14.8 Å². The molecule has 4 heterocycles. The van der Waals surface area contributed by atoms with Crippen molar-refractivity contribution in [3.8, 4) is 11.3 Å². The van der Waals surface area contributed by atoms with Crippen molar-refractivity contribution in [2.45, 2.75) is 32.9 Å². The molecule has 1 saturated heterocycles. The number of benzene rings is 2. The van der Waals surface area contributed by atoms with Gasteiger partial charge in [0.15, 0.2) is 0 Å². The maximum absolute atomic E-state index is 12.9. The fourth-order valence-electron chi connectivity index (χ4n) is 4.91. The third kappa shape index (κ3) is 5.99. The fraction of sp³-hybridized carbons (Fsp3) is 0.267. The molecule has 0 saturated carbocycles. The summed E-state index contributed by atoms with van der Waals surface area (Å²) in [5, 5.41) is 8.29. The van der Waals surface area contributed by atoms with E-state index in [1.807, 2.05) is 48.0 Å². The predicted octanol–water partition coefficient (Wildman–Crippen LogP) is 4.61. The lowest BCUT2D eigenvalue weighted by Crippen LogP contribution is -2.34. The number of carboxylic acid groups (broad SMARTS) is 1. The molecular formula is C30H31N5O4. The number of anilines is 1. The number of nitrogens with zero attached hydrogens (tertiary/aromatic N) is 5. The zero-order valence-corrected chi connectivity index (χ0v) is 22.2. The van der Waals surface area contributed by atoms with E-state index in [2.05, 4.69) is 63.2 Å². The van der Waals surface area contributed by atoms with Crippen molar-refractivity contribution in [3.63, 3.8) is 0 Å². The second-order valence-corrected chi connectivity index (χ2v) is 9.87. The molecule has 3 aromatic heterocycles. The van der Waals surface area contributed by atoms with Gasteiger partial charge in [-0.2, -0.15) is 0 Å². The van der Waals surface area contributed by atoms with Crippen LogP contribution in [0.3, 0.4) is 0 Å². The Morgan fingerprint density at radius 1 is 1.13 bits per heavy atom. The molecule has 200 valence electrons. The molecule has 1 aliphatic rings. The molecule has 39 heavy (non-hydrogen) atoms. The molecule has 1 N–H and O–H groups in total. The Morgan fingerprint density at radius 3 is 2.67 bits per heavy atom. The van der Waals surface area contributed by atoms with E-state index in [0.29, 0.717) is 28.7 Å². The van der Waals surface area contributed by atoms with Gasteiger partial charge in [0.05, 0.1) is 11.3 Å². The summed E-state index contributed by atoms with van der Waals surface area (Å²) >= 11 is 0. The predicted molar refractivity (Wildman–Crippen MR) is 151 cm³/mol. The monoisotopic (exact) mass is 525 g/mol. The van der Waals surface area contributed by atoms with Crippen LogP contribution < -0.4 is 10.5 Å². The number of hydrogen-bond acceptors (Lipinski definition) is 7. The van der Waals surface area contributed by atoms with Crippen LogP contribution in [0, 0.1) is 6.92 Å². The summed E-state index contributed by atoms with van der Waals surface area (Å²) in [4.78, 5) is 35.6. The second-order valence-electron chi connectivity index (χ2n) is 9.87. The minimum atomic E-state index is -0.833. The molecule has 1 aliphatic heterocycles. The van der Waals surface area contributed by atoms with Crippen molar-refractivity contribution in [1.82, 2.24) is 19.3 Å². The number of aromatic nitrogens is 3. The summed E-state index contributed by atoms with van der Waals surface area (Å²) < 4.78 is 7.57. The zero-order valence-electron chi connectivity index (χ0n) is 22.2. The van der Waals surface area contributed by atoms with E-state index < -0.39 is 11.6 Å². The standard InChI is InChI=1S/C28H27N5O2.C2H4O2/c1-19-10-13-33-18-25(30-28(33)29-19)24-14-21-8-9-22(15-26(21)35-27(24)34)31(2)23-11-12-32(17-23)16-20-6-4-3-5-7-20;1-2(3)4/h3-10,13-15,18,23H,11-12,16-17H2,1-2H3;1H3,(H,3,4). The van der Waals surface area contributed by atoms with E-state index in [-0.39, 0.29) is 0 Å². The third-order valence-corrected chi connectivity index (χ3v) is 6.91. The Labute approximate surface area is 226 Å². The number of likely N-dealkylation sites (N-methyl/N-ethyl adjacent to an activating group) is 1. The van der Waals surface area contributed by atoms with Gasteiger partial charge in [0, 0.05) is 74.9 Å². The molecule has 0 aliphatic carbocycles. The van der Waals surface area contributed by atoms with E-state index in [1.54, 1.807) is 0 Å². The zero-order chi connectivity index (χ0) is 27.5. The number of rotatable bonds is 5. The molecule has 0 spiro atoms. The van der Waals surface area contributed by atoms with E-state index in [1.165, 1.54) is 5.56 Å². The first kappa shape index (κ1) is 26.1. The van der Waals surface area contributed by atoms with Gasteiger partial charge in [-0.3, -0.25) is 14.1 Å². The lowest BCUT2D eigenvalue weighted by atomic mass is 10.1. The smallest absolute Gasteiger partial charge is 0.345 e. The number of aliphatic carboxylic acids is 1. The lowest BCUT2D eigenvalue weighted by Gasteiger charge is -2.27. The number of fused-ring (bicyclic) bond motifs is 2. The van der Waals surface area contributed by atoms with Crippen LogP contribution in [0.25, 0.3) is 28.0 Å². The van der Waals surface area contributed by atoms with Crippen LogP contribution in [0.5, 0.6) is 0 Å². The van der Waals surface area contributed by atoms with Crippen LogP contribution in [0.2, 0.25) is 0 Å². The fourth-order valence-corrected chi connectivity index (χ4v) is 4.91. The van der Waals surface area contributed by atoms with Gasteiger partial charge < -0.3 is 14.4 Å². The first-order valence-electron chi connectivity index (χ1n) is 12.9. The van der Waals surface area contributed by atoms with Crippen molar-refractivity contribution in [2.24, 2.45) is 0 Å². The average Bonchev–Trinajstić information content (AvgIpc) is 3.54. The first-order chi connectivity index (χ1) is 18.8. The van der Waals surface area contributed by atoms with Gasteiger partial charge in [0.25, 0.3) is 5.97 Å². The highest BCUT2D eigenvalue weighted by Gasteiger charge is 2.26. The molecule has 0 bridgehead atoms. The second kappa shape index (κ2) is 11.1. The van der Waals surface area contributed by atoms with Gasteiger partial charge in [-0.1, -0.05) is 30.3 Å². The minimum Gasteiger partial charge on any atom is -0.481 e. The van der Waals surface area contributed by atoms with Gasteiger partial charge in [-0.05, 0) is 43.2 Å². The normalized spacial score (nSPS) is 15.3. The van der Waals surface area contributed by atoms with Crippen molar-refractivity contribution in [3.05, 3.63) is 94.7 Å². The molecular weight excluding hydrogens is 494 g/mol. The van der Waals surface area contributed by atoms with Crippen molar-refractivity contribution in [2.75, 3.05) is 25.0 Å². The topological polar surface area (TPSA) is 104 Å². The van der Waals surface area contributed by atoms with Gasteiger partial charge in [-0.15, -0.1) is 0 Å². The molecule has 5 aromatic rings. The Kier molecular flexibility index (Phi) is 7.42. The molecule has 2 aromatic carbocycles. The molecule has 9 heteroatoms. The summed E-state index contributed by atoms with van der Waals surface area (Å²) in [6.07, 6.45) is 4.80. The van der Waals surface area contributed by atoms with Gasteiger partial charge >= 0.3 is 5.63 Å². The summed E-state index contributed by atoms with van der Waals surface area (Å²) in [6.45, 7) is 6.05. The maximum Gasteiger partial charge on any atom is 0.345 e. The summed E-state index contributed by atoms with van der Waals surface area (Å²) in [6, 6.07) is 20.9. The van der Waals surface area contributed by atoms with E-state index in [9.17, 15) is 4.79 Å². The van der Waals surface area contributed by atoms with Crippen LogP contribution in [0.1, 0.15) is 24.6 Å². The quantitative estimate of drug-likeness (QED) is 0.332. The van der Waals surface area contributed by atoms with Crippen molar-refractivity contribution in [1.29, 1.82) is 0 Å². The number of hydrogen-bond donors (Lipinski definition) is 1. The maximum atomic E-state index is 12.9. The highest BCUT2D eigenvalue weighted by Crippen LogP contribution is 2.28. The average molecular weight is 526 g/mol. The van der Waals surface area contributed by atoms with Crippen LogP contribution in [0.4, 0.5) is 5.69 Å². The Bertz CT molecular complexity index is 1670. The van der Waals surface area contributed by atoms with Gasteiger partial charge in [0.2, 0.25) is 5.78 Å². The number of imidazole rings is 1. The van der Waals surface area contributed by atoms with Crippen LogP contribution in [0.15, 0.2) is 82.3 Å².